The smallest absolute Gasteiger partial charge is 0.328 e. The first-order valence-electron chi connectivity index (χ1n) is 7.83. The molecule has 0 aliphatic carbocycles. The summed E-state index contributed by atoms with van der Waals surface area (Å²) in [6.45, 7) is -0.329. The highest BCUT2D eigenvalue weighted by atomic mass is 32.2. The number of sulfonamides is 1. The number of carboxylic acid groups (broad SMARTS) is 1. The van der Waals surface area contributed by atoms with E-state index in [0.29, 0.717) is 0 Å². The Morgan fingerprint density at radius 1 is 1.15 bits per heavy atom. The third kappa shape index (κ3) is 5.25. The van der Waals surface area contributed by atoms with Crippen molar-refractivity contribution in [1.82, 2.24) is 10.0 Å². The van der Waals surface area contributed by atoms with Crippen LogP contribution in [-0.4, -0.2) is 51.7 Å². The summed E-state index contributed by atoms with van der Waals surface area (Å²) in [5, 5.41) is 12.9. The monoisotopic (exact) mass is 380 g/mol. The topological polar surface area (TPSA) is 122 Å². The van der Waals surface area contributed by atoms with Crippen LogP contribution in [0.1, 0.15) is 6.42 Å². The van der Waals surface area contributed by atoms with Crippen LogP contribution in [0.5, 0.6) is 0 Å². The van der Waals surface area contributed by atoms with Gasteiger partial charge in [0.05, 0.1) is 11.5 Å². The molecule has 3 N–H and O–H groups in total. The van der Waals surface area contributed by atoms with Crippen molar-refractivity contribution in [3.05, 3.63) is 42.5 Å². The maximum atomic E-state index is 12.3. The lowest BCUT2D eigenvalue weighted by atomic mass is 10.1. The lowest BCUT2D eigenvalue weighted by molar-refractivity contribution is -0.143. The highest BCUT2D eigenvalue weighted by Crippen LogP contribution is 2.18. The Kier molecular flexibility index (Phi) is 6.67. The molecule has 2 aromatic carbocycles. The number of aliphatic carboxylic acids is 1. The first-order valence-corrected chi connectivity index (χ1v) is 9.31. The van der Waals surface area contributed by atoms with Gasteiger partial charge in [-0.1, -0.05) is 30.3 Å². The zero-order chi connectivity index (χ0) is 19.2. The van der Waals surface area contributed by atoms with Crippen LogP contribution in [0.3, 0.4) is 0 Å². The lowest BCUT2D eigenvalue weighted by Crippen LogP contribution is -2.44. The van der Waals surface area contributed by atoms with Crippen LogP contribution >= 0.6 is 0 Å². The maximum absolute atomic E-state index is 12.3. The molecule has 140 valence electrons. The standard InChI is InChI=1S/C17H20N2O6S/c1-25-11-15(17(21)22)19-16(20)8-9-18-26(23,24)14-7-6-12-4-2-3-5-13(12)10-14/h2-7,10,15,18H,8-9,11H2,1H3,(H,19,20)(H,21,22). The van der Waals surface area contributed by atoms with Gasteiger partial charge in [0.15, 0.2) is 6.04 Å². The number of benzene rings is 2. The maximum Gasteiger partial charge on any atom is 0.328 e. The second kappa shape index (κ2) is 8.75. The zero-order valence-corrected chi connectivity index (χ0v) is 15.0. The van der Waals surface area contributed by atoms with E-state index in [0.717, 1.165) is 10.8 Å². The molecular weight excluding hydrogens is 360 g/mol. The Balaban J connectivity index is 1.94. The molecule has 9 heteroatoms. The molecular formula is C17H20N2O6S. The number of methoxy groups -OCH3 is 1. The molecule has 8 nitrogen and oxygen atoms in total. The number of rotatable bonds is 9. The van der Waals surface area contributed by atoms with E-state index in [4.69, 9.17) is 9.84 Å². The number of nitrogens with one attached hydrogen (secondary N) is 2. The molecule has 26 heavy (non-hydrogen) atoms. The van der Waals surface area contributed by atoms with E-state index in [1.807, 2.05) is 24.3 Å². The summed E-state index contributed by atoms with van der Waals surface area (Å²) in [6.07, 6.45) is -0.194. The fraction of sp³-hybridized carbons (Fsp3) is 0.294. The number of hydrogen-bond acceptors (Lipinski definition) is 5. The van der Waals surface area contributed by atoms with Gasteiger partial charge in [-0.05, 0) is 22.9 Å². The summed E-state index contributed by atoms with van der Waals surface area (Å²) in [7, 11) is -2.45. The SMILES string of the molecule is COCC(NC(=O)CCNS(=O)(=O)c1ccc2ccccc2c1)C(=O)O. The van der Waals surface area contributed by atoms with Crippen molar-refractivity contribution >= 4 is 32.7 Å². The quantitative estimate of drug-likeness (QED) is 0.589. The molecule has 0 aromatic heterocycles. The van der Waals surface area contributed by atoms with E-state index in [2.05, 4.69) is 10.0 Å². The minimum absolute atomic E-state index is 0.0967. The van der Waals surface area contributed by atoms with Gasteiger partial charge < -0.3 is 15.2 Å². The number of carbonyl (C=O) groups is 2. The Bertz CT molecular complexity index is 897. The highest BCUT2D eigenvalue weighted by Gasteiger charge is 2.20. The molecule has 2 aromatic rings. The van der Waals surface area contributed by atoms with Gasteiger partial charge >= 0.3 is 5.97 Å². The average Bonchev–Trinajstić information content (AvgIpc) is 2.60. The van der Waals surface area contributed by atoms with E-state index in [-0.39, 0.29) is 24.5 Å². The van der Waals surface area contributed by atoms with Crippen LogP contribution in [0.25, 0.3) is 10.8 Å². The van der Waals surface area contributed by atoms with E-state index >= 15 is 0 Å². The Hall–Kier alpha value is -2.49. The largest absolute Gasteiger partial charge is 0.480 e. The number of amides is 1. The first kappa shape index (κ1) is 19.8. The third-order valence-electron chi connectivity index (χ3n) is 3.64. The summed E-state index contributed by atoms with van der Waals surface area (Å²) in [5.41, 5.74) is 0. The highest BCUT2D eigenvalue weighted by molar-refractivity contribution is 7.89. The zero-order valence-electron chi connectivity index (χ0n) is 14.1. The summed E-state index contributed by atoms with van der Waals surface area (Å²) < 4.78 is 31.7. The molecule has 1 atom stereocenters. The van der Waals surface area contributed by atoms with Crippen LogP contribution in [0.4, 0.5) is 0 Å². The van der Waals surface area contributed by atoms with Crippen molar-refractivity contribution in [2.45, 2.75) is 17.4 Å². The summed E-state index contributed by atoms with van der Waals surface area (Å²) >= 11 is 0. The van der Waals surface area contributed by atoms with Gasteiger partial charge in [-0.15, -0.1) is 0 Å². The lowest BCUT2D eigenvalue weighted by Gasteiger charge is -2.13. The van der Waals surface area contributed by atoms with Gasteiger partial charge in [0.25, 0.3) is 0 Å². The molecule has 2 rings (SSSR count). The summed E-state index contributed by atoms with van der Waals surface area (Å²) in [5.74, 6) is -1.81. The van der Waals surface area contributed by atoms with E-state index in [1.54, 1.807) is 12.1 Å². The second-order valence-corrected chi connectivity index (χ2v) is 7.34. The molecule has 0 radical (unpaired) electrons. The number of carboxylic acids is 1. The van der Waals surface area contributed by atoms with Gasteiger partial charge in [0, 0.05) is 20.1 Å². The predicted octanol–water partition coefficient (Wildman–Crippen LogP) is 0.724. The number of hydrogen-bond donors (Lipinski definition) is 3. The second-order valence-electron chi connectivity index (χ2n) is 5.57. The van der Waals surface area contributed by atoms with Crippen molar-refractivity contribution in [2.75, 3.05) is 20.3 Å². The molecule has 1 amide bonds. The van der Waals surface area contributed by atoms with E-state index in [9.17, 15) is 18.0 Å². The van der Waals surface area contributed by atoms with Crippen LogP contribution < -0.4 is 10.0 Å². The minimum Gasteiger partial charge on any atom is -0.480 e. The number of ether oxygens (including phenoxy) is 1. The van der Waals surface area contributed by atoms with Crippen molar-refractivity contribution in [3.8, 4) is 0 Å². The summed E-state index contributed by atoms with van der Waals surface area (Å²) in [4.78, 5) is 22.8. The van der Waals surface area contributed by atoms with E-state index < -0.39 is 27.9 Å². The number of fused-ring (bicyclic) bond motifs is 1. The molecule has 1 unspecified atom stereocenters. The van der Waals surface area contributed by atoms with Crippen LogP contribution in [0.2, 0.25) is 0 Å². The van der Waals surface area contributed by atoms with Crippen LogP contribution in [0.15, 0.2) is 47.4 Å². The minimum atomic E-state index is -3.77. The molecule has 0 fully saturated rings. The molecule has 0 bridgehead atoms. The normalized spacial score (nSPS) is 12.7. The number of carbonyl (C=O) groups excluding carboxylic acids is 1. The molecule has 0 spiro atoms. The summed E-state index contributed by atoms with van der Waals surface area (Å²) in [6, 6.07) is 10.9. The van der Waals surface area contributed by atoms with Gasteiger partial charge in [-0.3, -0.25) is 4.79 Å². The molecule has 0 saturated carbocycles. The van der Waals surface area contributed by atoms with Gasteiger partial charge in [-0.2, -0.15) is 0 Å². The average molecular weight is 380 g/mol. The van der Waals surface area contributed by atoms with Crippen molar-refractivity contribution in [3.63, 3.8) is 0 Å². The Labute approximate surface area is 151 Å². The Morgan fingerprint density at radius 2 is 1.85 bits per heavy atom. The van der Waals surface area contributed by atoms with Crippen molar-refractivity contribution < 1.29 is 27.9 Å². The van der Waals surface area contributed by atoms with Crippen LogP contribution in [-0.2, 0) is 24.3 Å². The third-order valence-corrected chi connectivity index (χ3v) is 5.10. The van der Waals surface area contributed by atoms with E-state index in [1.165, 1.54) is 13.2 Å². The fourth-order valence-corrected chi connectivity index (χ4v) is 3.39. The van der Waals surface area contributed by atoms with Gasteiger partial charge in [0.1, 0.15) is 0 Å². The van der Waals surface area contributed by atoms with Gasteiger partial charge in [-0.25, -0.2) is 17.9 Å². The van der Waals surface area contributed by atoms with Crippen molar-refractivity contribution in [1.29, 1.82) is 0 Å². The van der Waals surface area contributed by atoms with Crippen LogP contribution in [0, 0.1) is 0 Å². The van der Waals surface area contributed by atoms with Gasteiger partial charge in [0.2, 0.25) is 15.9 Å². The Morgan fingerprint density at radius 3 is 2.50 bits per heavy atom. The molecule has 0 aliphatic heterocycles. The first-order chi connectivity index (χ1) is 12.3. The predicted molar refractivity (Wildman–Crippen MR) is 95.2 cm³/mol. The molecule has 0 saturated heterocycles. The molecule has 0 heterocycles. The fourth-order valence-electron chi connectivity index (χ4n) is 2.32. The van der Waals surface area contributed by atoms with Crippen molar-refractivity contribution in [2.24, 2.45) is 0 Å². The molecule has 0 aliphatic rings.